The molecule has 2 atom stereocenters. The van der Waals surface area contributed by atoms with Crippen molar-refractivity contribution >= 4 is 0 Å². The number of aliphatic hydroxyl groups is 1. The van der Waals surface area contributed by atoms with E-state index in [0.29, 0.717) is 0 Å². The number of hydrogen-bond donors (Lipinski definition) is 1. The lowest BCUT2D eigenvalue weighted by atomic mass is 9.80. The van der Waals surface area contributed by atoms with Crippen LogP contribution in [0.4, 0.5) is 0 Å². The summed E-state index contributed by atoms with van der Waals surface area (Å²) in [5.74, 6) is 7.27. The molecular weight excluding hydrogens is 400 g/mol. The van der Waals surface area contributed by atoms with Crippen LogP contribution in [0.5, 0.6) is 0 Å². The second kappa shape index (κ2) is 11.9. The number of terminal acetylenes is 1. The highest BCUT2D eigenvalue weighted by atomic mass is 16.7. The van der Waals surface area contributed by atoms with Gasteiger partial charge in [-0.3, -0.25) is 0 Å². The average molecular weight is 427 g/mol. The molecule has 0 aliphatic carbocycles. The highest BCUT2D eigenvalue weighted by molar-refractivity contribution is 5.47. The molecule has 0 bridgehead atoms. The molecule has 0 saturated carbocycles. The van der Waals surface area contributed by atoms with E-state index >= 15 is 0 Å². The predicted molar refractivity (Wildman–Crippen MR) is 125 cm³/mol. The first-order chi connectivity index (χ1) is 15.7. The molecule has 0 heterocycles. The molecule has 0 spiro atoms. The molecule has 3 aromatic carbocycles. The minimum atomic E-state index is -1.14. The monoisotopic (exact) mass is 426 g/mol. The number of methoxy groups -OCH3 is 1. The molecule has 1 N–H and O–H groups in total. The van der Waals surface area contributed by atoms with Crippen molar-refractivity contribution in [3.63, 3.8) is 0 Å². The molecule has 0 unspecified atom stereocenters. The van der Waals surface area contributed by atoms with Crippen LogP contribution in [0.15, 0.2) is 91.0 Å². The zero-order valence-corrected chi connectivity index (χ0v) is 18.0. The number of benzene rings is 3. The maximum Gasteiger partial charge on any atom is 0.147 e. The van der Waals surface area contributed by atoms with Crippen molar-refractivity contribution < 1.29 is 19.3 Å². The number of aliphatic hydroxyl groups excluding tert-OH is 1. The zero-order chi connectivity index (χ0) is 22.7. The highest BCUT2D eigenvalue weighted by Gasteiger charge is 2.38. The Morgan fingerprint density at radius 2 is 1.31 bits per heavy atom. The van der Waals surface area contributed by atoms with Crippen LogP contribution in [0.25, 0.3) is 0 Å². The van der Waals surface area contributed by atoms with Crippen LogP contribution >= 0.6 is 0 Å². The highest BCUT2D eigenvalue weighted by Crippen LogP contribution is 2.40. The van der Waals surface area contributed by atoms with E-state index in [0.717, 1.165) is 16.7 Å². The van der Waals surface area contributed by atoms with Crippen molar-refractivity contribution in [2.45, 2.75) is 17.8 Å². The molecule has 3 rings (SSSR count). The Kier molecular flexibility index (Phi) is 8.63. The molecule has 4 heteroatoms. The first-order valence-corrected chi connectivity index (χ1v) is 10.3. The first kappa shape index (κ1) is 23.3. The van der Waals surface area contributed by atoms with Gasteiger partial charge in [0.2, 0.25) is 0 Å². The zero-order valence-electron chi connectivity index (χ0n) is 18.0. The van der Waals surface area contributed by atoms with Crippen LogP contribution in [0.3, 0.4) is 0 Å². The Hall–Kier alpha value is -3.38. The summed E-state index contributed by atoms with van der Waals surface area (Å²) in [6.45, 7) is 0.0281. The smallest absolute Gasteiger partial charge is 0.147 e. The second-order valence-electron chi connectivity index (χ2n) is 7.06. The van der Waals surface area contributed by atoms with Gasteiger partial charge in [-0.15, -0.1) is 6.42 Å². The Morgan fingerprint density at radius 1 is 0.844 bits per heavy atom. The molecule has 0 aliphatic heterocycles. The lowest BCUT2D eigenvalue weighted by Crippen LogP contribution is -2.40. The Morgan fingerprint density at radius 3 is 1.72 bits per heavy atom. The van der Waals surface area contributed by atoms with E-state index in [2.05, 4.69) is 17.8 Å². The van der Waals surface area contributed by atoms with Crippen molar-refractivity contribution in [3.8, 4) is 24.2 Å². The minimum Gasteiger partial charge on any atom is -0.377 e. The SMILES string of the molecule is C#CC#C[C@@H](O)[C@H](COC(c1ccccc1)(c1ccccc1)c1ccccc1)OCOC. The number of ether oxygens (including phenoxy) is 3. The lowest BCUT2D eigenvalue weighted by Gasteiger charge is -2.37. The van der Waals surface area contributed by atoms with Gasteiger partial charge in [-0.05, 0) is 28.5 Å². The Balaban J connectivity index is 2.09. The van der Waals surface area contributed by atoms with Gasteiger partial charge in [0.25, 0.3) is 0 Å². The van der Waals surface area contributed by atoms with Crippen molar-refractivity contribution in [1.82, 2.24) is 0 Å². The van der Waals surface area contributed by atoms with Crippen molar-refractivity contribution in [1.29, 1.82) is 0 Å². The first-order valence-electron chi connectivity index (χ1n) is 10.3. The van der Waals surface area contributed by atoms with Gasteiger partial charge in [0.1, 0.15) is 24.6 Å². The third-order valence-electron chi connectivity index (χ3n) is 5.05. The maximum absolute atomic E-state index is 10.5. The van der Waals surface area contributed by atoms with Crippen LogP contribution in [-0.4, -0.2) is 37.8 Å². The van der Waals surface area contributed by atoms with Crippen LogP contribution in [-0.2, 0) is 19.8 Å². The van der Waals surface area contributed by atoms with Crippen LogP contribution in [0, 0.1) is 24.2 Å². The standard InChI is InChI=1S/C28H26O4/c1-3-4-20-26(29)27(31-22-30-2)21-32-28(23-14-8-5-9-15-23,24-16-10-6-11-17-24)25-18-12-7-13-19-25/h1,5-19,26-27,29H,21-22H2,2H3/t26-,27+/m1/s1. The molecule has 0 aromatic heterocycles. The van der Waals surface area contributed by atoms with Gasteiger partial charge in [0.05, 0.1) is 6.61 Å². The Labute approximate surface area is 189 Å². The summed E-state index contributed by atoms with van der Waals surface area (Å²) in [6, 6.07) is 29.9. The van der Waals surface area contributed by atoms with Gasteiger partial charge >= 0.3 is 0 Å². The van der Waals surface area contributed by atoms with Gasteiger partial charge in [-0.1, -0.05) is 96.9 Å². The molecule has 4 nitrogen and oxygen atoms in total. The molecular formula is C28H26O4. The van der Waals surface area contributed by atoms with E-state index < -0.39 is 17.8 Å². The quantitative estimate of drug-likeness (QED) is 0.303. The summed E-state index contributed by atoms with van der Waals surface area (Å²) in [7, 11) is 1.51. The number of rotatable bonds is 10. The molecule has 0 saturated heterocycles. The number of hydrogen-bond acceptors (Lipinski definition) is 4. The molecule has 0 fully saturated rings. The van der Waals surface area contributed by atoms with Gasteiger partial charge in [-0.25, -0.2) is 0 Å². The third-order valence-corrected chi connectivity index (χ3v) is 5.05. The summed E-state index contributed by atoms with van der Waals surface area (Å²) in [5.41, 5.74) is 1.92. The fourth-order valence-electron chi connectivity index (χ4n) is 3.57. The Bertz CT molecular complexity index is 950. The average Bonchev–Trinajstić information content (AvgIpc) is 2.86. The van der Waals surface area contributed by atoms with Crippen LogP contribution in [0.1, 0.15) is 16.7 Å². The molecule has 32 heavy (non-hydrogen) atoms. The molecule has 0 aliphatic rings. The molecule has 162 valence electrons. The van der Waals surface area contributed by atoms with E-state index in [-0.39, 0.29) is 13.4 Å². The molecule has 0 radical (unpaired) electrons. The van der Waals surface area contributed by atoms with Crippen molar-refractivity contribution in [3.05, 3.63) is 108 Å². The maximum atomic E-state index is 10.5. The van der Waals surface area contributed by atoms with E-state index in [1.807, 2.05) is 91.0 Å². The minimum absolute atomic E-state index is 0.0160. The second-order valence-corrected chi connectivity index (χ2v) is 7.06. The predicted octanol–water partition coefficient (Wildman–Crippen LogP) is 3.98. The topological polar surface area (TPSA) is 47.9 Å². The van der Waals surface area contributed by atoms with E-state index in [1.165, 1.54) is 7.11 Å². The van der Waals surface area contributed by atoms with E-state index in [4.69, 9.17) is 20.6 Å². The van der Waals surface area contributed by atoms with E-state index in [1.54, 1.807) is 0 Å². The largest absolute Gasteiger partial charge is 0.377 e. The summed E-state index contributed by atoms with van der Waals surface area (Å²) < 4.78 is 17.4. The van der Waals surface area contributed by atoms with Gasteiger partial charge in [0.15, 0.2) is 0 Å². The summed E-state index contributed by atoms with van der Waals surface area (Å²) >= 11 is 0. The summed E-state index contributed by atoms with van der Waals surface area (Å²) in [6.07, 6.45) is 3.31. The fourth-order valence-corrected chi connectivity index (χ4v) is 3.57. The third kappa shape index (κ3) is 5.45. The molecule has 3 aromatic rings. The van der Waals surface area contributed by atoms with Gasteiger partial charge < -0.3 is 19.3 Å². The van der Waals surface area contributed by atoms with Crippen LogP contribution in [0.2, 0.25) is 0 Å². The summed E-state index contributed by atoms with van der Waals surface area (Å²) in [4.78, 5) is 0. The van der Waals surface area contributed by atoms with Gasteiger partial charge in [-0.2, -0.15) is 0 Å². The normalized spacial score (nSPS) is 12.8. The van der Waals surface area contributed by atoms with Crippen molar-refractivity contribution in [2.75, 3.05) is 20.5 Å². The lowest BCUT2D eigenvalue weighted by molar-refractivity contribution is -0.140. The van der Waals surface area contributed by atoms with E-state index in [9.17, 15) is 5.11 Å². The summed E-state index contributed by atoms with van der Waals surface area (Å²) in [5, 5.41) is 10.5. The fraction of sp³-hybridized carbons (Fsp3) is 0.214. The molecule has 0 amide bonds. The van der Waals surface area contributed by atoms with Crippen molar-refractivity contribution in [2.24, 2.45) is 0 Å². The van der Waals surface area contributed by atoms with Gasteiger partial charge in [0, 0.05) is 7.11 Å². The van der Waals surface area contributed by atoms with Crippen LogP contribution < -0.4 is 0 Å².